The molecule has 0 aliphatic heterocycles. The molecule has 1 aromatic rings. The Morgan fingerprint density at radius 2 is 2.24 bits per heavy atom. The summed E-state index contributed by atoms with van der Waals surface area (Å²) < 4.78 is 25.6. The summed E-state index contributed by atoms with van der Waals surface area (Å²) in [6.07, 6.45) is 0.639. The molecule has 4 nitrogen and oxygen atoms in total. The number of hydrogen-bond donors (Lipinski definition) is 1. The topological polar surface area (TPSA) is 49.4 Å². The maximum atomic E-state index is 12.0. The molecule has 17 heavy (non-hydrogen) atoms. The zero-order valence-corrected chi connectivity index (χ0v) is 12.1. The average Bonchev–Trinajstić information content (AvgIpc) is 2.80. The molecule has 0 fully saturated rings. The van der Waals surface area contributed by atoms with Crippen molar-refractivity contribution in [3.05, 3.63) is 22.4 Å². The molecule has 0 saturated carbocycles. The van der Waals surface area contributed by atoms with Crippen LogP contribution >= 0.6 is 11.3 Å². The number of sulfonamides is 1. The minimum absolute atomic E-state index is 0.0883. The first-order valence-corrected chi connectivity index (χ1v) is 8.11. The Hall–Kier alpha value is -0.430. The molecule has 1 N–H and O–H groups in total. The van der Waals surface area contributed by atoms with Crippen LogP contribution < -0.4 is 5.32 Å². The van der Waals surface area contributed by atoms with E-state index >= 15 is 0 Å². The molecule has 0 aliphatic rings. The summed E-state index contributed by atoms with van der Waals surface area (Å²) in [5, 5.41) is 4.92. The Kier molecular flexibility index (Phi) is 5.58. The number of nitrogens with one attached hydrogen (secondary N) is 1. The molecule has 98 valence electrons. The minimum Gasteiger partial charge on any atom is -0.320 e. The molecule has 0 saturated heterocycles. The lowest BCUT2D eigenvalue weighted by Gasteiger charge is -2.23. The van der Waals surface area contributed by atoms with Crippen LogP contribution in [0.1, 0.15) is 24.3 Å². The zero-order valence-electron chi connectivity index (χ0n) is 10.5. The highest BCUT2D eigenvalue weighted by Gasteiger charge is 2.24. The van der Waals surface area contributed by atoms with Gasteiger partial charge >= 0.3 is 0 Å². The molecule has 0 aliphatic carbocycles. The van der Waals surface area contributed by atoms with Crippen molar-refractivity contribution in [3.8, 4) is 0 Å². The molecular formula is C11H20N2O2S2. The van der Waals surface area contributed by atoms with E-state index < -0.39 is 10.0 Å². The Balaban J connectivity index is 2.65. The summed E-state index contributed by atoms with van der Waals surface area (Å²) >= 11 is 1.59. The predicted octanol–water partition coefficient (Wildman–Crippen LogP) is 1.68. The van der Waals surface area contributed by atoms with Crippen LogP contribution in [-0.4, -0.2) is 39.1 Å². The van der Waals surface area contributed by atoms with Crippen molar-refractivity contribution in [1.29, 1.82) is 0 Å². The molecule has 1 atom stereocenters. The average molecular weight is 276 g/mol. The second kappa shape index (κ2) is 6.49. The predicted molar refractivity (Wildman–Crippen MR) is 72.8 cm³/mol. The molecule has 0 spiro atoms. The van der Waals surface area contributed by atoms with E-state index in [-0.39, 0.29) is 11.8 Å². The molecule has 1 heterocycles. The van der Waals surface area contributed by atoms with E-state index in [9.17, 15) is 8.42 Å². The van der Waals surface area contributed by atoms with Gasteiger partial charge < -0.3 is 5.32 Å². The quantitative estimate of drug-likeness (QED) is 0.771. The van der Waals surface area contributed by atoms with Crippen LogP contribution in [0.3, 0.4) is 0 Å². The second-order valence-corrected chi connectivity index (χ2v) is 7.11. The lowest BCUT2D eigenvalue weighted by atomic mass is 10.3. The monoisotopic (exact) mass is 276 g/mol. The Bertz CT molecular complexity index is 415. The van der Waals surface area contributed by atoms with Crippen LogP contribution in [0.25, 0.3) is 0 Å². The summed E-state index contributed by atoms with van der Waals surface area (Å²) in [6.45, 7) is 2.64. The van der Waals surface area contributed by atoms with E-state index in [2.05, 4.69) is 5.32 Å². The SMILES string of the molecule is CNCCCS(=O)(=O)N(C)C(C)c1cccs1. The summed E-state index contributed by atoms with van der Waals surface area (Å²) in [6, 6.07) is 3.82. The Morgan fingerprint density at radius 3 is 2.76 bits per heavy atom. The molecule has 0 bridgehead atoms. The lowest BCUT2D eigenvalue weighted by molar-refractivity contribution is 0.402. The lowest BCUT2D eigenvalue weighted by Crippen LogP contribution is -2.32. The van der Waals surface area contributed by atoms with Crippen molar-refractivity contribution in [2.45, 2.75) is 19.4 Å². The van der Waals surface area contributed by atoms with Crippen molar-refractivity contribution < 1.29 is 8.42 Å². The van der Waals surface area contributed by atoms with Crippen molar-refractivity contribution >= 4 is 21.4 Å². The van der Waals surface area contributed by atoms with Gasteiger partial charge in [-0.25, -0.2) is 8.42 Å². The number of thiophene rings is 1. The number of nitrogens with zero attached hydrogens (tertiary/aromatic N) is 1. The maximum absolute atomic E-state index is 12.0. The van der Waals surface area contributed by atoms with Gasteiger partial charge in [0.05, 0.1) is 11.8 Å². The van der Waals surface area contributed by atoms with Crippen molar-refractivity contribution in [2.75, 3.05) is 26.4 Å². The summed E-state index contributed by atoms with van der Waals surface area (Å²) in [5.74, 6) is 0.194. The van der Waals surface area contributed by atoms with Crippen molar-refractivity contribution in [2.24, 2.45) is 0 Å². The van der Waals surface area contributed by atoms with Crippen LogP contribution in [0.5, 0.6) is 0 Å². The van der Waals surface area contributed by atoms with Gasteiger partial charge in [-0.15, -0.1) is 11.3 Å². The van der Waals surface area contributed by atoms with Crippen LogP contribution in [0.4, 0.5) is 0 Å². The third-order valence-corrected chi connectivity index (χ3v) is 5.81. The molecule has 0 aromatic carbocycles. The fourth-order valence-corrected chi connectivity index (χ4v) is 3.81. The van der Waals surface area contributed by atoms with Crippen LogP contribution in [0, 0.1) is 0 Å². The van der Waals surface area contributed by atoms with Gasteiger partial charge in [-0.1, -0.05) is 6.07 Å². The highest BCUT2D eigenvalue weighted by atomic mass is 32.2. The first-order chi connectivity index (χ1) is 7.99. The number of rotatable bonds is 7. The van der Waals surface area contributed by atoms with E-state index in [0.29, 0.717) is 6.42 Å². The highest BCUT2D eigenvalue weighted by molar-refractivity contribution is 7.89. The van der Waals surface area contributed by atoms with Crippen LogP contribution in [0.15, 0.2) is 17.5 Å². The molecule has 1 aromatic heterocycles. The smallest absolute Gasteiger partial charge is 0.214 e. The maximum Gasteiger partial charge on any atom is 0.214 e. The van der Waals surface area contributed by atoms with Gasteiger partial charge in [0.15, 0.2) is 0 Å². The van der Waals surface area contributed by atoms with Gasteiger partial charge in [-0.05, 0) is 38.4 Å². The molecule has 0 radical (unpaired) electrons. The molecule has 6 heteroatoms. The Morgan fingerprint density at radius 1 is 1.53 bits per heavy atom. The van der Waals surface area contributed by atoms with E-state index in [0.717, 1.165) is 11.4 Å². The Labute approximate surface area is 108 Å². The summed E-state index contributed by atoms with van der Waals surface area (Å²) in [5.41, 5.74) is 0. The molecule has 1 rings (SSSR count). The first-order valence-electron chi connectivity index (χ1n) is 5.62. The van der Waals surface area contributed by atoms with Crippen LogP contribution in [-0.2, 0) is 10.0 Å². The third-order valence-electron chi connectivity index (χ3n) is 2.77. The second-order valence-electron chi connectivity index (χ2n) is 3.98. The standard InChI is InChI=1S/C11H20N2O2S2/c1-10(11-6-4-8-16-11)13(3)17(14,15)9-5-7-12-2/h4,6,8,10,12H,5,7,9H2,1-3H3. The normalized spacial score (nSPS) is 14.1. The van der Waals surface area contributed by atoms with Crippen molar-refractivity contribution in [1.82, 2.24) is 9.62 Å². The van der Waals surface area contributed by atoms with Gasteiger partial charge in [0.25, 0.3) is 0 Å². The van der Waals surface area contributed by atoms with Gasteiger partial charge in [0.2, 0.25) is 10.0 Å². The van der Waals surface area contributed by atoms with E-state index in [1.807, 2.05) is 31.5 Å². The first kappa shape index (κ1) is 14.6. The van der Waals surface area contributed by atoms with Gasteiger partial charge in [-0.2, -0.15) is 4.31 Å². The minimum atomic E-state index is -3.16. The fourth-order valence-electron chi connectivity index (χ4n) is 1.52. The van der Waals surface area contributed by atoms with E-state index in [1.165, 1.54) is 4.31 Å². The molecule has 1 unspecified atom stereocenters. The molecule has 0 amide bonds. The molecular weight excluding hydrogens is 256 g/mol. The van der Waals surface area contributed by atoms with Gasteiger partial charge in [0, 0.05) is 11.9 Å². The largest absolute Gasteiger partial charge is 0.320 e. The summed E-state index contributed by atoms with van der Waals surface area (Å²) in [4.78, 5) is 1.07. The van der Waals surface area contributed by atoms with Crippen molar-refractivity contribution in [3.63, 3.8) is 0 Å². The fraction of sp³-hybridized carbons (Fsp3) is 0.636. The van der Waals surface area contributed by atoms with E-state index in [1.54, 1.807) is 18.4 Å². The third kappa shape index (κ3) is 4.06. The highest BCUT2D eigenvalue weighted by Crippen LogP contribution is 2.25. The van der Waals surface area contributed by atoms with Gasteiger partial charge in [-0.3, -0.25) is 0 Å². The number of hydrogen-bond acceptors (Lipinski definition) is 4. The zero-order chi connectivity index (χ0) is 12.9. The summed E-state index contributed by atoms with van der Waals surface area (Å²) in [7, 11) is 0.318. The van der Waals surface area contributed by atoms with Crippen LogP contribution in [0.2, 0.25) is 0 Å². The van der Waals surface area contributed by atoms with Gasteiger partial charge in [0.1, 0.15) is 0 Å². The van der Waals surface area contributed by atoms with E-state index in [4.69, 9.17) is 0 Å².